The fraction of sp³-hybridized carbons (Fsp3) is 0.571. The first-order chi connectivity index (χ1) is 15.0. The molecular weight excluding hydrogens is 418 g/mol. The van der Waals surface area contributed by atoms with E-state index in [-0.39, 0.29) is 11.8 Å². The molecule has 0 aliphatic carbocycles. The summed E-state index contributed by atoms with van der Waals surface area (Å²) in [7, 11) is 0. The quantitative estimate of drug-likeness (QED) is 0.614. The Hall–Kier alpha value is -2.52. The zero-order chi connectivity index (χ0) is 22.4. The molecule has 1 aliphatic heterocycles. The van der Waals surface area contributed by atoms with E-state index in [0.29, 0.717) is 50.0 Å². The van der Waals surface area contributed by atoms with Gasteiger partial charge >= 0.3 is 0 Å². The van der Waals surface area contributed by atoms with Crippen LogP contribution in [0.25, 0.3) is 11.4 Å². The van der Waals surface area contributed by atoms with Crippen molar-refractivity contribution in [2.75, 3.05) is 45.8 Å². The highest BCUT2D eigenvalue weighted by Crippen LogP contribution is 2.20. The second-order valence-corrected chi connectivity index (χ2v) is 7.97. The van der Waals surface area contributed by atoms with E-state index in [4.69, 9.17) is 11.6 Å². The minimum Gasteiger partial charge on any atom is -0.342 e. The Bertz CT molecular complexity index is 874. The van der Waals surface area contributed by atoms with Crippen molar-refractivity contribution >= 4 is 23.4 Å². The fourth-order valence-corrected chi connectivity index (χ4v) is 3.84. The summed E-state index contributed by atoms with van der Waals surface area (Å²) < 4.78 is 0. The standard InChI is InChI=1S/C21H30ClN7O2/c1-4-18(29-24-20(23-25-29)16-7-9-17(22)10-8-16)21(31)28-13-11-26(12-14-28)15-19(30)27(5-2)6-3/h7-10,18H,4-6,11-15H2,1-3H3. The SMILES string of the molecule is CCC(C(=O)N1CCN(CC(=O)N(CC)CC)CC1)n1nnc(-c2ccc(Cl)cc2)n1. The second kappa shape index (κ2) is 10.7. The van der Waals surface area contributed by atoms with Crippen molar-refractivity contribution in [1.29, 1.82) is 0 Å². The molecule has 2 heterocycles. The maximum atomic E-state index is 13.1. The van der Waals surface area contributed by atoms with Crippen LogP contribution in [0.4, 0.5) is 0 Å². The summed E-state index contributed by atoms with van der Waals surface area (Å²) in [4.78, 5) is 32.7. The van der Waals surface area contributed by atoms with Crippen LogP contribution in [0.1, 0.15) is 33.2 Å². The first-order valence-electron chi connectivity index (χ1n) is 10.8. The van der Waals surface area contributed by atoms with Gasteiger partial charge in [0.25, 0.3) is 0 Å². The van der Waals surface area contributed by atoms with Crippen LogP contribution in [-0.2, 0) is 9.59 Å². The first-order valence-corrected chi connectivity index (χ1v) is 11.2. The van der Waals surface area contributed by atoms with E-state index in [9.17, 15) is 9.59 Å². The molecule has 2 amide bonds. The van der Waals surface area contributed by atoms with Crippen molar-refractivity contribution in [3.05, 3.63) is 29.3 Å². The normalized spacial score (nSPS) is 15.7. The number of aromatic nitrogens is 4. The van der Waals surface area contributed by atoms with Gasteiger partial charge in [0.2, 0.25) is 17.6 Å². The molecule has 168 valence electrons. The molecule has 0 bridgehead atoms. The molecule has 0 N–H and O–H groups in total. The van der Waals surface area contributed by atoms with Crippen LogP contribution in [0.2, 0.25) is 5.02 Å². The number of piperazine rings is 1. The second-order valence-electron chi connectivity index (χ2n) is 7.53. The van der Waals surface area contributed by atoms with E-state index in [2.05, 4.69) is 20.3 Å². The number of hydrogen-bond acceptors (Lipinski definition) is 6. The molecular formula is C21H30ClN7O2. The predicted octanol–water partition coefficient (Wildman–Crippen LogP) is 1.96. The van der Waals surface area contributed by atoms with Crippen LogP contribution in [0.5, 0.6) is 0 Å². The van der Waals surface area contributed by atoms with Crippen molar-refractivity contribution in [2.24, 2.45) is 0 Å². The zero-order valence-corrected chi connectivity index (χ0v) is 19.1. The van der Waals surface area contributed by atoms with Crippen LogP contribution < -0.4 is 0 Å². The molecule has 9 nitrogen and oxygen atoms in total. The molecule has 2 aromatic rings. The zero-order valence-electron chi connectivity index (χ0n) is 18.4. The lowest BCUT2D eigenvalue weighted by Crippen LogP contribution is -2.53. The molecule has 1 aromatic carbocycles. The van der Waals surface area contributed by atoms with Gasteiger partial charge in [0, 0.05) is 49.9 Å². The van der Waals surface area contributed by atoms with E-state index in [1.165, 1.54) is 4.80 Å². The summed E-state index contributed by atoms with van der Waals surface area (Å²) in [6.07, 6.45) is 0.565. The van der Waals surface area contributed by atoms with Crippen molar-refractivity contribution in [3.8, 4) is 11.4 Å². The highest BCUT2D eigenvalue weighted by molar-refractivity contribution is 6.30. The third-order valence-corrected chi connectivity index (χ3v) is 5.89. The van der Waals surface area contributed by atoms with Gasteiger partial charge in [0.1, 0.15) is 0 Å². The molecule has 0 saturated carbocycles. The van der Waals surface area contributed by atoms with Gasteiger partial charge in [-0.2, -0.15) is 4.80 Å². The smallest absolute Gasteiger partial charge is 0.249 e. The fourth-order valence-electron chi connectivity index (χ4n) is 3.71. The third kappa shape index (κ3) is 5.59. The van der Waals surface area contributed by atoms with Crippen molar-refractivity contribution in [1.82, 2.24) is 34.9 Å². The van der Waals surface area contributed by atoms with E-state index in [1.807, 2.05) is 42.7 Å². The number of amides is 2. The highest BCUT2D eigenvalue weighted by atomic mass is 35.5. The number of carbonyl (C=O) groups is 2. The van der Waals surface area contributed by atoms with E-state index in [1.54, 1.807) is 12.1 Å². The first kappa shape index (κ1) is 23.1. The molecule has 3 rings (SSSR count). The Kier molecular flexibility index (Phi) is 7.97. The van der Waals surface area contributed by atoms with Gasteiger partial charge in [0.15, 0.2) is 6.04 Å². The monoisotopic (exact) mass is 447 g/mol. The molecule has 31 heavy (non-hydrogen) atoms. The van der Waals surface area contributed by atoms with Gasteiger partial charge in [-0.25, -0.2) is 0 Å². The van der Waals surface area contributed by atoms with Crippen molar-refractivity contribution in [3.63, 3.8) is 0 Å². The molecule has 1 aliphatic rings. The number of benzene rings is 1. The lowest BCUT2D eigenvalue weighted by molar-refractivity contribution is -0.138. The molecule has 1 saturated heterocycles. The van der Waals surface area contributed by atoms with E-state index < -0.39 is 6.04 Å². The minimum atomic E-state index is -0.502. The molecule has 10 heteroatoms. The van der Waals surface area contributed by atoms with Gasteiger partial charge in [-0.3, -0.25) is 14.5 Å². The number of hydrogen-bond donors (Lipinski definition) is 0. The maximum absolute atomic E-state index is 13.1. The Morgan fingerprint density at radius 3 is 2.29 bits per heavy atom. The number of rotatable bonds is 8. The van der Waals surface area contributed by atoms with Gasteiger partial charge in [-0.05, 0) is 49.7 Å². The molecule has 0 radical (unpaired) electrons. The molecule has 0 spiro atoms. The van der Waals surface area contributed by atoms with Gasteiger partial charge in [-0.1, -0.05) is 18.5 Å². The van der Waals surface area contributed by atoms with Crippen LogP contribution >= 0.6 is 11.6 Å². The summed E-state index contributed by atoms with van der Waals surface area (Å²) in [5.41, 5.74) is 0.796. The number of halogens is 1. The third-order valence-electron chi connectivity index (χ3n) is 5.64. The Labute approximate surface area is 187 Å². The van der Waals surface area contributed by atoms with Crippen LogP contribution in [-0.4, -0.2) is 92.5 Å². The van der Waals surface area contributed by atoms with Gasteiger partial charge in [-0.15, -0.1) is 10.2 Å². The number of nitrogens with zero attached hydrogens (tertiary/aromatic N) is 7. The molecule has 1 unspecified atom stereocenters. The number of likely N-dealkylation sites (N-methyl/N-ethyl adjacent to an activating group) is 1. The van der Waals surface area contributed by atoms with Gasteiger partial charge < -0.3 is 9.80 Å². The van der Waals surface area contributed by atoms with E-state index >= 15 is 0 Å². The maximum Gasteiger partial charge on any atom is 0.249 e. The lowest BCUT2D eigenvalue weighted by atomic mass is 10.2. The minimum absolute atomic E-state index is 0.0164. The average Bonchev–Trinajstić information content (AvgIpc) is 3.26. The van der Waals surface area contributed by atoms with Crippen LogP contribution in [0.15, 0.2) is 24.3 Å². The summed E-state index contributed by atoms with van der Waals surface area (Å²) in [5, 5.41) is 13.3. The summed E-state index contributed by atoms with van der Waals surface area (Å²) in [5.74, 6) is 0.581. The topological polar surface area (TPSA) is 87.5 Å². The Morgan fingerprint density at radius 2 is 1.71 bits per heavy atom. The van der Waals surface area contributed by atoms with Gasteiger partial charge in [0.05, 0.1) is 6.54 Å². The molecule has 1 fully saturated rings. The largest absolute Gasteiger partial charge is 0.342 e. The lowest BCUT2D eigenvalue weighted by Gasteiger charge is -2.36. The van der Waals surface area contributed by atoms with Crippen LogP contribution in [0.3, 0.4) is 0 Å². The highest BCUT2D eigenvalue weighted by Gasteiger charge is 2.30. The Morgan fingerprint density at radius 1 is 1.06 bits per heavy atom. The number of carbonyl (C=O) groups excluding carboxylic acids is 2. The molecule has 1 atom stereocenters. The molecule has 1 aromatic heterocycles. The summed E-state index contributed by atoms with van der Waals surface area (Å²) in [6.45, 7) is 10.3. The van der Waals surface area contributed by atoms with Crippen molar-refractivity contribution in [2.45, 2.75) is 33.2 Å². The average molecular weight is 448 g/mol. The number of tetrazole rings is 1. The summed E-state index contributed by atoms with van der Waals surface area (Å²) >= 11 is 5.94. The predicted molar refractivity (Wildman–Crippen MR) is 119 cm³/mol. The van der Waals surface area contributed by atoms with Crippen molar-refractivity contribution < 1.29 is 9.59 Å². The van der Waals surface area contributed by atoms with Crippen LogP contribution in [0, 0.1) is 0 Å². The Balaban J connectivity index is 1.59. The summed E-state index contributed by atoms with van der Waals surface area (Å²) in [6, 6.07) is 6.68. The van der Waals surface area contributed by atoms with E-state index in [0.717, 1.165) is 18.7 Å².